The molecule has 0 aliphatic carbocycles. The van der Waals surface area contributed by atoms with Crippen molar-refractivity contribution in [2.75, 3.05) is 6.61 Å². The van der Waals surface area contributed by atoms with E-state index in [0.29, 0.717) is 19.6 Å². The summed E-state index contributed by atoms with van der Waals surface area (Å²) in [5, 5.41) is 0. The lowest BCUT2D eigenvalue weighted by Gasteiger charge is -2.43. The maximum absolute atomic E-state index is 13.3. The van der Waals surface area contributed by atoms with Crippen LogP contribution >= 0.6 is 0 Å². The predicted octanol–water partition coefficient (Wildman–Crippen LogP) is 5.38. The zero-order valence-corrected chi connectivity index (χ0v) is 22.0. The molecule has 2 aromatic rings. The summed E-state index contributed by atoms with van der Waals surface area (Å²) in [5.41, 5.74) is 1.94. The third-order valence-corrected chi connectivity index (χ3v) is 6.37. The number of unbranched alkanes of at least 4 members (excludes halogenated alkanes) is 1. The summed E-state index contributed by atoms with van der Waals surface area (Å²) in [4.78, 5) is 23.4. The molecule has 2 aromatic carbocycles. The number of aryl methyl sites for hydroxylation is 1. The Morgan fingerprint density at radius 1 is 0.946 bits per heavy atom. The third kappa shape index (κ3) is 8.83. The van der Waals surface area contributed by atoms with Gasteiger partial charge in [0.15, 0.2) is 12.4 Å². The van der Waals surface area contributed by atoms with Crippen LogP contribution in [0.15, 0.2) is 48.5 Å². The molecule has 0 N–H and O–H groups in total. The Morgan fingerprint density at radius 3 is 2.30 bits per heavy atom. The van der Waals surface area contributed by atoms with Gasteiger partial charge in [0.05, 0.1) is 6.10 Å². The smallest absolute Gasteiger partial charge is 0.303 e. The van der Waals surface area contributed by atoms with E-state index in [9.17, 15) is 14.0 Å². The molecule has 202 valence electrons. The summed E-state index contributed by atoms with van der Waals surface area (Å²) >= 11 is 0. The van der Waals surface area contributed by atoms with Crippen LogP contribution in [0.3, 0.4) is 0 Å². The molecule has 5 unspecified atom stereocenters. The average molecular weight is 517 g/mol. The topological polar surface area (TPSA) is 80.3 Å². The van der Waals surface area contributed by atoms with Gasteiger partial charge in [-0.3, -0.25) is 9.59 Å². The van der Waals surface area contributed by atoms with Gasteiger partial charge in [-0.1, -0.05) is 38.1 Å². The molecule has 8 heteroatoms. The number of benzene rings is 2. The summed E-state index contributed by atoms with van der Waals surface area (Å²) in [7, 11) is 0. The van der Waals surface area contributed by atoms with Crippen molar-refractivity contribution in [1.82, 2.24) is 0 Å². The number of carbonyl (C=O) groups is 2. The normalized spacial score (nSPS) is 23.3. The van der Waals surface area contributed by atoms with Crippen molar-refractivity contribution in [1.29, 1.82) is 0 Å². The van der Waals surface area contributed by atoms with Crippen LogP contribution in [0.2, 0.25) is 0 Å². The standard InChI is InChI=1S/C29H37FO7/c1-5-26-19(2)27(35-20(3)31)28(36-21(4)32)29(37-26)33-16-7-6-9-22-12-14-25(15-13-22)34-18-23-10-8-11-24(30)17-23/h8,10-15,17,19,26-29H,5-7,9,16,18H2,1-4H3. The summed E-state index contributed by atoms with van der Waals surface area (Å²) in [5.74, 6) is -0.607. The molecular weight excluding hydrogens is 479 g/mol. The van der Waals surface area contributed by atoms with E-state index in [2.05, 4.69) is 0 Å². The van der Waals surface area contributed by atoms with Crippen LogP contribution in [-0.2, 0) is 41.6 Å². The Balaban J connectivity index is 1.46. The molecule has 1 aliphatic rings. The molecular formula is C29H37FO7. The lowest BCUT2D eigenvalue weighted by Crippen LogP contribution is -2.57. The van der Waals surface area contributed by atoms with E-state index < -0.39 is 30.4 Å². The van der Waals surface area contributed by atoms with Crippen LogP contribution in [0.25, 0.3) is 0 Å². The first kappa shape index (κ1) is 28.6. The van der Waals surface area contributed by atoms with Crippen molar-refractivity contribution < 1.29 is 37.7 Å². The molecule has 0 radical (unpaired) electrons. The Bertz CT molecular complexity index is 1010. The number of carbonyl (C=O) groups excluding carboxylic acids is 2. The third-order valence-electron chi connectivity index (χ3n) is 6.37. The molecule has 0 amide bonds. The van der Waals surface area contributed by atoms with Gasteiger partial charge < -0.3 is 23.7 Å². The van der Waals surface area contributed by atoms with Crippen LogP contribution < -0.4 is 4.74 Å². The Kier molecular flexibility index (Phi) is 10.9. The van der Waals surface area contributed by atoms with Crippen LogP contribution in [0.5, 0.6) is 5.75 Å². The second-order valence-corrected chi connectivity index (χ2v) is 9.35. The Hall–Kier alpha value is -2.97. The van der Waals surface area contributed by atoms with Gasteiger partial charge in [-0.05, 0) is 61.1 Å². The highest BCUT2D eigenvalue weighted by Gasteiger charge is 2.47. The van der Waals surface area contributed by atoms with Gasteiger partial charge in [0.25, 0.3) is 0 Å². The van der Waals surface area contributed by atoms with Crippen LogP contribution in [0.1, 0.15) is 58.1 Å². The van der Waals surface area contributed by atoms with Gasteiger partial charge in [0.2, 0.25) is 0 Å². The fraction of sp³-hybridized carbons (Fsp3) is 0.517. The van der Waals surface area contributed by atoms with Crippen molar-refractivity contribution in [3.05, 3.63) is 65.5 Å². The van der Waals surface area contributed by atoms with Crippen molar-refractivity contribution in [2.45, 2.75) is 84.6 Å². The monoisotopic (exact) mass is 516 g/mol. The predicted molar refractivity (Wildman–Crippen MR) is 135 cm³/mol. The molecule has 5 atom stereocenters. The fourth-order valence-corrected chi connectivity index (χ4v) is 4.50. The van der Waals surface area contributed by atoms with Gasteiger partial charge in [0.1, 0.15) is 24.3 Å². The maximum Gasteiger partial charge on any atom is 0.303 e. The number of hydrogen-bond acceptors (Lipinski definition) is 7. The quantitative estimate of drug-likeness (QED) is 0.277. The van der Waals surface area contributed by atoms with E-state index >= 15 is 0 Å². The molecule has 0 aromatic heterocycles. The minimum absolute atomic E-state index is 0.140. The van der Waals surface area contributed by atoms with Gasteiger partial charge in [-0.2, -0.15) is 0 Å². The minimum atomic E-state index is -0.820. The largest absolute Gasteiger partial charge is 0.489 e. The number of rotatable bonds is 12. The second-order valence-electron chi connectivity index (χ2n) is 9.35. The highest BCUT2D eigenvalue weighted by Crippen LogP contribution is 2.32. The first-order valence-electron chi connectivity index (χ1n) is 12.8. The molecule has 7 nitrogen and oxygen atoms in total. The summed E-state index contributed by atoms with van der Waals surface area (Å²) in [6, 6.07) is 14.2. The average Bonchev–Trinajstić information content (AvgIpc) is 2.86. The van der Waals surface area contributed by atoms with Gasteiger partial charge >= 0.3 is 11.9 Å². The number of ether oxygens (including phenoxy) is 5. The van der Waals surface area contributed by atoms with E-state index in [1.54, 1.807) is 6.07 Å². The summed E-state index contributed by atoms with van der Waals surface area (Å²) in [6.45, 7) is 7.29. The summed E-state index contributed by atoms with van der Waals surface area (Å²) < 4.78 is 42.1. The Labute approximate surface area is 218 Å². The van der Waals surface area contributed by atoms with Crippen LogP contribution in [-0.4, -0.2) is 43.1 Å². The minimum Gasteiger partial charge on any atom is -0.489 e. The van der Waals surface area contributed by atoms with E-state index in [1.165, 1.54) is 31.5 Å². The van der Waals surface area contributed by atoms with E-state index in [4.69, 9.17) is 23.7 Å². The molecule has 37 heavy (non-hydrogen) atoms. The maximum atomic E-state index is 13.3. The van der Waals surface area contributed by atoms with Crippen molar-refractivity contribution in [2.24, 2.45) is 5.92 Å². The molecule has 1 fully saturated rings. The SMILES string of the molecule is CCC1OC(OCCCCc2ccc(OCc3cccc(F)c3)cc2)C(OC(C)=O)C(OC(C)=O)C1C. The van der Waals surface area contributed by atoms with Crippen molar-refractivity contribution in [3.63, 3.8) is 0 Å². The van der Waals surface area contributed by atoms with Crippen LogP contribution in [0.4, 0.5) is 4.39 Å². The Morgan fingerprint density at radius 2 is 1.65 bits per heavy atom. The van der Waals surface area contributed by atoms with E-state index in [-0.39, 0.29) is 17.8 Å². The molecule has 1 heterocycles. The fourth-order valence-electron chi connectivity index (χ4n) is 4.50. The molecule has 0 saturated carbocycles. The lowest BCUT2D eigenvalue weighted by molar-refractivity contribution is -0.290. The van der Waals surface area contributed by atoms with Gasteiger partial charge in [-0.15, -0.1) is 0 Å². The second kappa shape index (κ2) is 14.1. The first-order chi connectivity index (χ1) is 17.8. The molecule has 3 rings (SSSR count). The summed E-state index contributed by atoms with van der Waals surface area (Å²) in [6.07, 6.45) is 0.799. The highest BCUT2D eigenvalue weighted by molar-refractivity contribution is 5.67. The molecule has 0 spiro atoms. The molecule has 1 aliphatic heterocycles. The zero-order valence-electron chi connectivity index (χ0n) is 22.0. The zero-order chi connectivity index (χ0) is 26.8. The van der Waals surface area contributed by atoms with E-state index in [1.807, 2.05) is 44.2 Å². The van der Waals surface area contributed by atoms with Crippen molar-refractivity contribution >= 4 is 11.9 Å². The highest BCUT2D eigenvalue weighted by atomic mass is 19.1. The molecule has 0 bridgehead atoms. The lowest BCUT2D eigenvalue weighted by atomic mass is 9.89. The van der Waals surface area contributed by atoms with Gasteiger partial charge in [-0.25, -0.2) is 4.39 Å². The first-order valence-corrected chi connectivity index (χ1v) is 12.8. The van der Waals surface area contributed by atoms with Gasteiger partial charge in [0, 0.05) is 26.4 Å². The number of halogens is 1. The van der Waals surface area contributed by atoms with Crippen LogP contribution in [0, 0.1) is 11.7 Å². The number of hydrogen-bond donors (Lipinski definition) is 0. The van der Waals surface area contributed by atoms with Crippen molar-refractivity contribution in [3.8, 4) is 5.75 Å². The molecule has 1 saturated heterocycles. The van der Waals surface area contributed by atoms with E-state index in [0.717, 1.165) is 30.6 Å². The number of esters is 2.